The molecule has 0 aliphatic rings. The van der Waals surface area contributed by atoms with E-state index in [1.165, 1.54) is 6.07 Å². The maximum atomic E-state index is 10.3. The van der Waals surface area contributed by atoms with E-state index in [0.29, 0.717) is 3.57 Å². The van der Waals surface area contributed by atoms with E-state index in [4.69, 9.17) is 4.55 Å². The van der Waals surface area contributed by atoms with Crippen molar-refractivity contribution in [3.05, 3.63) is 27.8 Å². The fourth-order valence-corrected chi connectivity index (χ4v) is 1.64. The first-order valence-corrected chi connectivity index (χ1v) is 5.35. The first kappa shape index (κ1) is 9.75. The summed E-state index contributed by atoms with van der Waals surface area (Å²) in [6.45, 7) is 0. The molecule has 12 heavy (non-hydrogen) atoms. The van der Waals surface area contributed by atoms with Crippen LogP contribution in [0, 0.1) is 3.57 Å². The molecule has 0 atom stereocenters. The predicted molar refractivity (Wildman–Crippen MR) is 51.3 cm³/mol. The van der Waals surface area contributed by atoms with E-state index in [1.54, 1.807) is 18.2 Å². The fraction of sp³-hybridized carbons (Fsp3) is 0. The molecule has 1 rings (SSSR count). The molecule has 0 amide bonds. The van der Waals surface area contributed by atoms with Gasteiger partial charge in [0, 0.05) is 0 Å². The zero-order valence-corrected chi connectivity index (χ0v) is 8.74. The van der Waals surface area contributed by atoms with Crippen molar-refractivity contribution >= 4 is 33.0 Å². The molecular formula is C6H5IO4S. The van der Waals surface area contributed by atoms with Crippen molar-refractivity contribution in [1.82, 2.24) is 0 Å². The molecule has 0 unspecified atom stereocenters. The van der Waals surface area contributed by atoms with Crippen LogP contribution in [0.5, 0.6) is 5.75 Å². The second-order valence-electron chi connectivity index (χ2n) is 1.94. The Balaban J connectivity index is 2.98. The lowest BCUT2D eigenvalue weighted by molar-refractivity contribution is 0.386. The van der Waals surface area contributed by atoms with E-state index in [-0.39, 0.29) is 5.75 Å². The van der Waals surface area contributed by atoms with Gasteiger partial charge < -0.3 is 4.18 Å². The molecule has 1 N–H and O–H groups in total. The van der Waals surface area contributed by atoms with Gasteiger partial charge in [-0.1, -0.05) is 12.1 Å². The van der Waals surface area contributed by atoms with Crippen molar-refractivity contribution in [3.63, 3.8) is 0 Å². The minimum atomic E-state index is -4.40. The number of hydrogen-bond donors (Lipinski definition) is 1. The molecule has 4 nitrogen and oxygen atoms in total. The van der Waals surface area contributed by atoms with Gasteiger partial charge in [-0.05, 0) is 34.7 Å². The van der Waals surface area contributed by atoms with E-state index in [2.05, 4.69) is 4.18 Å². The largest absolute Gasteiger partial charge is 0.446 e. The van der Waals surface area contributed by atoms with Crippen molar-refractivity contribution in [2.24, 2.45) is 0 Å². The third kappa shape index (κ3) is 2.95. The van der Waals surface area contributed by atoms with Gasteiger partial charge >= 0.3 is 10.4 Å². The number of para-hydroxylation sites is 1. The summed E-state index contributed by atoms with van der Waals surface area (Å²) < 4.78 is 33.8. The summed E-state index contributed by atoms with van der Waals surface area (Å²) in [5.74, 6) is 0.126. The fourth-order valence-electron chi connectivity index (χ4n) is 0.626. The molecule has 0 aliphatic heterocycles. The second-order valence-corrected chi connectivity index (χ2v) is 4.13. The van der Waals surface area contributed by atoms with Crippen LogP contribution in [-0.2, 0) is 10.4 Å². The van der Waals surface area contributed by atoms with Gasteiger partial charge in [0.2, 0.25) is 0 Å². The first-order valence-electron chi connectivity index (χ1n) is 2.90. The topological polar surface area (TPSA) is 63.6 Å². The van der Waals surface area contributed by atoms with Gasteiger partial charge in [0.05, 0.1) is 3.57 Å². The SMILES string of the molecule is O=S(=O)(O)Oc1ccccc1I. The minimum absolute atomic E-state index is 0.126. The molecule has 0 saturated heterocycles. The summed E-state index contributed by atoms with van der Waals surface area (Å²) in [6.07, 6.45) is 0. The van der Waals surface area contributed by atoms with Gasteiger partial charge in [-0.2, -0.15) is 8.42 Å². The van der Waals surface area contributed by atoms with Crippen molar-refractivity contribution in [2.75, 3.05) is 0 Å². The van der Waals surface area contributed by atoms with Crippen LogP contribution in [-0.4, -0.2) is 13.0 Å². The Morgan fingerprint density at radius 1 is 1.33 bits per heavy atom. The number of halogens is 1. The van der Waals surface area contributed by atoms with E-state index in [1.807, 2.05) is 22.6 Å². The Labute approximate surface area is 83.6 Å². The number of rotatable bonds is 2. The van der Waals surface area contributed by atoms with Gasteiger partial charge in [-0.3, -0.25) is 4.55 Å². The molecular weight excluding hydrogens is 295 g/mol. The van der Waals surface area contributed by atoms with Crippen molar-refractivity contribution in [2.45, 2.75) is 0 Å². The maximum Gasteiger partial charge on any atom is 0.446 e. The lowest BCUT2D eigenvalue weighted by Gasteiger charge is -2.01. The predicted octanol–water partition coefficient (Wildman–Crippen LogP) is 1.47. The molecule has 66 valence electrons. The second kappa shape index (κ2) is 3.58. The van der Waals surface area contributed by atoms with Gasteiger partial charge in [0.25, 0.3) is 0 Å². The molecule has 0 fully saturated rings. The summed E-state index contributed by atoms with van der Waals surface area (Å²) in [5, 5.41) is 0. The molecule has 6 heteroatoms. The lowest BCUT2D eigenvalue weighted by Crippen LogP contribution is -2.07. The van der Waals surface area contributed by atoms with Gasteiger partial charge in [-0.25, -0.2) is 0 Å². The Morgan fingerprint density at radius 3 is 2.42 bits per heavy atom. The molecule has 0 radical (unpaired) electrons. The summed E-state index contributed by atoms with van der Waals surface area (Å²) >= 11 is 1.90. The molecule has 1 aromatic carbocycles. The van der Waals surface area contributed by atoms with Crippen LogP contribution in [0.4, 0.5) is 0 Å². The van der Waals surface area contributed by atoms with E-state index in [0.717, 1.165) is 0 Å². The molecule has 0 heterocycles. The monoisotopic (exact) mass is 300 g/mol. The molecule has 0 spiro atoms. The van der Waals surface area contributed by atoms with Crippen molar-refractivity contribution in [1.29, 1.82) is 0 Å². The average molecular weight is 300 g/mol. The Hall–Kier alpha value is -0.340. The normalized spacial score (nSPS) is 11.2. The van der Waals surface area contributed by atoms with E-state index < -0.39 is 10.4 Å². The van der Waals surface area contributed by atoms with Gasteiger partial charge in [0.1, 0.15) is 0 Å². The average Bonchev–Trinajstić information content (AvgIpc) is 1.91. The molecule has 0 saturated carbocycles. The highest BCUT2D eigenvalue weighted by atomic mass is 127. The molecule has 0 bridgehead atoms. The quantitative estimate of drug-likeness (QED) is 0.663. The standard InChI is InChI=1S/C6H5IO4S/c7-5-3-1-2-4-6(5)11-12(8,9)10/h1-4H,(H,8,9,10). The Morgan fingerprint density at radius 2 is 1.92 bits per heavy atom. The van der Waals surface area contributed by atoms with Crippen LogP contribution in [0.3, 0.4) is 0 Å². The van der Waals surface area contributed by atoms with Crippen LogP contribution in [0.1, 0.15) is 0 Å². The summed E-state index contributed by atoms with van der Waals surface area (Å²) in [7, 11) is -4.40. The van der Waals surface area contributed by atoms with Crippen LogP contribution in [0.2, 0.25) is 0 Å². The molecule has 0 aromatic heterocycles. The highest BCUT2D eigenvalue weighted by Gasteiger charge is 2.08. The summed E-state index contributed by atoms with van der Waals surface area (Å²) in [6, 6.07) is 6.47. The van der Waals surface area contributed by atoms with Crippen molar-refractivity contribution in [3.8, 4) is 5.75 Å². The van der Waals surface area contributed by atoms with Crippen molar-refractivity contribution < 1.29 is 17.2 Å². The summed E-state index contributed by atoms with van der Waals surface area (Å²) in [4.78, 5) is 0. The highest BCUT2D eigenvalue weighted by Crippen LogP contribution is 2.20. The molecule has 1 aromatic rings. The number of benzene rings is 1. The van der Waals surface area contributed by atoms with E-state index in [9.17, 15) is 8.42 Å². The van der Waals surface area contributed by atoms with E-state index >= 15 is 0 Å². The Bertz CT molecular complexity index is 373. The lowest BCUT2D eigenvalue weighted by atomic mass is 10.3. The number of hydrogen-bond acceptors (Lipinski definition) is 3. The third-order valence-corrected chi connectivity index (χ3v) is 2.31. The molecule has 0 aliphatic carbocycles. The van der Waals surface area contributed by atoms with Crippen LogP contribution >= 0.6 is 22.6 Å². The summed E-state index contributed by atoms with van der Waals surface area (Å²) in [5.41, 5.74) is 0. The van der Waals surface area contributed by atoms with Crippen LogP contribution in [0.25, 0.3) is 0 Å². The van der Waals surface area contributed by atoms with Gasteiger partial charge in [-0.15, -0.1) is 0 Å². The Kier molecular flexibility index (Phi) is 2.91. The third-order valence-electron chi connectivity index (χ3n) is 1.03. The minimum Gasteiger partial charge on any atom is -0.361 e. The van der Waals surface area contributed by atoms with Gasteiger partial charge in [0.15, 0.2) is 5.75 Å². The maximum absolute atomic E-state index is 10.3. The zero-order valence-electron chi connectivity index (χ0n) is 5.77. The van der Waals surface area contributed by atoms with Crippen LogP contribution < -0.4 is 4.18 Å². The first-order chi connectivity index (χ1) is 5.49. The smallest absolute Gasteiger partial charge is 0.361 e. The highest BCUT2D eigenvalue weighted by molar-refractivity contribution is 14.1. The zero-order chi connectivity index (χ0) is 9.19. The van der Waals surface area contributed by atoms with Crippen LogP contribution in [0.15, 0.2) is 24.3 Å².